The molecule has 1 aliphatic carbocycles. The third-order valence-electron chi connectivity index (χ3n) is 8.38. The molecule has 0 bridgehead atoms. The van der Waals surface area contributed by atoms with E-state index in [-0.39, 0.29) is 17.6 Å². The molecular formula is C36H27N3O2S. The Morgan fingerprint density at radius 3 is 2.52 bits per heavy atom. The zero-order chi connectivity index (χ0) is 28.0. The monoisotopic (exact) mass is 565 g/mol. The quantitative estimate of drug-likeness (QED) is 0.158. The number of allylic oxidation sites excluding steroid dienone is 1. The molecule has 42 heavy (non-hydrogen) atoms. The van der Waals surface area contributed by atoms with Gasteiger partial charge in [0.05, 0.1) is 22.2 Å². The summed E-state index contributed by atoms with van der Waals surface area (Å²) in [5.41, 5.74) is 5.60. The number of hydrogen-bond donors (Lipinski definition) is 0. The number of nitrogens with zero attached hydrogens (tertiary/aromatic N) is 3. The Morgan fingerprint density at radius 2 is 1.67 bits per heavy atom. The molecule has 8 rings (SSSR count). The number of hydrogen-bond acceptors (Lipinski definition) is 6. The molecule has 6 heteroatoms. The average molecular weight is 566 g/mol. The first-order valence-corrected chi connectivity index (χ1v) is 15.1. The Labute approximate surface area is 247 Å². The molecule has 0 N–H and O–H groups in total. The van der Waals surface area contributed by atoms with E-state index in [4.69, 9.17) is 14.5 Å². The molecule has 2 aliphatic rings. The van der Waals surface area contributed by atoms with E-state index in [0.717, 1.165) is 51.1 Å². The van der Waals surface area contributed by atoms with Gasteiger partial charge in [0.25, 0.3) is 0 Å². The first kappa shape index (κ1) is 24.9. The summed E-state index contributed by atoms with van der Waals surface area (Å²) in [6.07, 6.45) is 7.27. The minimum absolute atomic E-state index is 0.0385. The van der Waals surface area contributed by atoms with E-state index >= 15 is 0 Å². The highest BCUT2D eigenvalue weighted by Crippen LogP contribution is 2.47. The smallest absolute Gasteiger partial charge is 0.345 e. The lowest BCUT2D eigenvalue weighted by Crippen LogP contribution is -2.27. The largest absolute Gasteiger partial charge is 0.422 e. The molecule has 3 heterocycles. The Bertz CT molecular complexity index is 2060. The fraction of sp³-hybridized carbons (Fsp3) is 0.139. The van der Waals surface area contributed by atoms with Gasteiger partial charge in [-0.2, -0.15) is 5.10 Å². The van der Waals surface area contributed by atoms with Crippen LogP contribution in [-0.2, 0) is 0 Å². The van der Waals surface area contributed by atoms with Crippen molar-refractivity contribution in [3.63, 3.8) is 0 Å². The second-order valence-corrected chi connectivity index (χ2v) is 11.9. The molecule has 2 atom stereocenters. The van der Waals surface area contributed by atoms with Gasteiger partial charge >= 0.3 is 5.63 Å². The van der Waals surface area contributed by atoms with Crippen molar-refractivity contribution in [3.8, 4) is 10.4 Å². The fourth-order valence-electron chi connectivity index (χ4n) is 6.43. The van der Waals surface area contributed by atoms with E-state index < -0.39 is 0 Å². The summed E-state index contributed by atoms with van der Waals surface area (Å²) >= 11 is 1.49. The van der Waals surface area contributed by atoms with E-state index in [9.17, 15) is 4.79 Å². The van der Waals surface area contributed by atoms with Crippen molar-refractivity contribution < 1.29 is 4.42 Å². The number of thiazole rings is 1. The summed E-state index contributed by atoms with van der Waals surface area (Å²) in [5, 5.41) is 11.2. The van der Waals surface area contributed by atoms with Crippen molar-refractivity contribution >= 4 is 50.0 Å². The Morgan fingerprint density at radius 1 is 0.881 bits per heavy atom. The number of rotatable bonds is 4. The number of anilines is 1. The zero-order valence-corrected chi connectivity index (χ0v) is 23.6. The number of benzene rings is 4. The van der Waals surface area contributed by atoms with Gasteiger partial charge in [-0.05, 0) is 64.9 Å². The Kier molecular flexibility index (Phi) is 6.08. The third kappa shape index (κ3) is 4.27. The standard InChI is InChI=1S/C36H27N3O2S/c40-35-30(21-29-27-16-8-7-12-24(27)18-19-31(29)41-35)32-22-37-36(42-32)39-34(25-13-5-2-6-14-25)28-17-9-15-26(33(28)38-39)20-23-10-3-1-4-11-23/h1-8,10-14,16,18-22,28,34H,9,15,17H2/b26-20+/t28-,34-/m1/s1. The van der Waals surface area contributed by atoms with Crippen LogP contribution >= 0.6 is 11.3 Å². The van der Waals surface area contributed by atoms with Crippen molar-refractivity contribution in [2.75, 3.05) is 5.01 Å². The van der Waals surface area contributed by atoms with Gasteiger partial charge in [0, 0.05) is 17.5 Å². The maximum Gasteiger partial charge on any atom is 0.345 e. The fourth-order valence-corrected chi connectivity index (χ4v) is 7.34. The first-order chi connectivity index (χ1) is 20.7. The normalized spacial score (nSPS) is 19.4. The molecule has 0 radical (unpaired) electrons. The van der Waals surface area contributed by atoms with Gasteiger partial charge in [0.15, 0.2) is 0 Å². The Hall–Kier alpha value is -4.81. The number of hydrazone groups is 1. The van der Waals surface area contributed by atoms with Crippen LogP contribution in [0, 0.1) is 5.92 Å². The van der Waals surface area contributed by atoms with E-state index in [1.807, 2.05) is 36.4 Å². The molecule has 0 amide bonds. The van der Waals surface area contributed by atoms with Gasteiger partial charge in [-0.15, -0.1) is 0 Å². The van der Waals surface area contributed by atoms with Crippen LogP contribution in [0.2, 0.25) is 0 Å². The number of aromatic nitrogens is 1. The van der Waals surface area contributed by atoms with E-state index in [1.54, 1.807) is 6.20 Å². The molecule has 0 spiro atoms. The van der Waals surface area contributed by atoms with Crippen molar-refractivity contribution in [1.29, 1.82) is 0 Å². The molecule has 6 aromatic rings. The summed E-state index contributed by atoms with van der Waals surface area (Å²) in [6, 6.07) is 35.1. The highest BCUT2D eigenvalue weighted by molar-refractivity contribution is 7.18. The van der Waals surface area contributed by atoms with Crippen LogP contribution in [-0.4, -0.2) is 10.7 Å². The molecule has 1 aliphatic heterocycles. The topological polar surface area (TPSA) is 58.7 Å². The van der Waals surface area contributed by atoms with Crippen LogP contribution in [0.5, 0.6) is 0 Å². The summed E-state index contributed by atoms with van der Waals surface area (Å²) < 4.78 is 5.80. The lowest BCUT2D eigenvalue weighted by molar-refractivity contribution is 0.487. The predicted molar refractivity (Wildman–Crippen MR) is 172 cm³/mol. The summed E-state index contributed by atoms with van der Waals surface area (Å²) in [5.74, 6) is 0.264. The van der Waals surface area contributed by atoms with Crippen LogP contribution in [0.1, 0.15) is 36.4 Å². The molecule has 0 unspecified atom stereocenters. The van der Waals surface area contributed by atoms with Crippen LogP contribution in [0.4, 0.5) is 5.13 Å². The van der Waals surface area contributed by atoms with Crippen LogP contribution < -0.4 is 10.6 Å². The highest BCUT2D eigenvalue weighted by atomic mass is 32.1. The maximum absolute atomic E-state index is 13.2. The molecule has 1 saturated carbocycles. The minimum Gasteiger partial charge on any atom is -0.422 e. The van der Waals surface area contributed by atoms with Crippen molar-refractivity contribution in [2.24, 2.45) is 11.0 Å². The average Bonchev–Trinajstić information content (AvgIpc) is 3.68. The first-order valence-electron chi connectivity index (χ1n) is 14.3. The van der Waals surface area contributed by atoms with Crippen LogP contribution in [0.3, 0.4) is 0 Å². The summed E-state index contributed by atoms with van der Waals surface area (Å²) in [7, 11) is 0. The second-order valence-electron chi connectivity index (χ2n) is 10.9. The summed E-state index contributed by atoms with van der Waals surface area (Å²) in [4.78, 5) is 18.8. The van der Waals surface area contributed by atoms with Crippen molar-refractivity contribution in [2.45, 2.75) is 25.3 Å². The van der Waals surface area contributed by atoms with Crippen LogP contribution in [0.15, 0.2) is 129 Å². The number of fused-ring (bicyclic) bond motifs is 4. The van der Waals surface area contributed by atoms with Gasteiger partial charge in [-0.3, -0.25) is 0 Å². The summed E-state index contributed by atoms with van der Waals surface area (Å²) in [6.45, 7) is 0. The molecule has 5 nitrogen and oxygen atoms in total. The predicted octanol–water partition coefficient (Wildman–Crippen LogP) is 8.87. The van der Waals surface area contributed by atoms with E-state index in [0.29, 0.717) is 11.1 Å². The van der Waals surface area contributed by atoms with Gasteiger partial charge in [-0.25, -0.2) is 14.8 Å². The third-order valence-corrected chi connectivity index (χ3v) is 9.40. The molecule has 204 valence electrons. The van der Waals surface area contributed by atoms with Crippen molar-refractivity contribution in [1.82, 2.24) is 4.98 Å². The van der Waals surface area contributed by atoms with Gasteiger partial charge in [0.2, 0.25) is 5.13 Å². The van der Waals surface area contributed by atoms with Crippen LogP contribution in [0.25, 0.3) is 38.3 Å². The van der Waals surface area contributed by atoms with Crippen molar-refractivity contribution in [3.05, 3.63) is 136 Å². The lowest BCUT2D eigenvalue weighted by atomic mass is 9.77. The molecule has 1 fully saturated rings. The van der Waals surface area contributed by atoms with Gasteiger partial charge < -0.3 is 4.42 Å². The van der Waals surface area contributed by atoms with E-state index in [1.165, 1.54) is 28.0 Å². The molecule has 2 aromatic heterocycles. The molecule has 0 saturated heterocycles. The van der Waals surface area contributed by atoms with Gasteiger partial charge in [-0.1, -0.05) is 102 Å². The molecular weight excluding hydrogens is 538 g/mol. The Balaban J connectivity index is 1.23. The second kappa shape index (κ2) is 10.2. The SMILES string of the molecule is O=c1oc2ccc3ccccc3c2cc1-c1cnc(N2N=C3/C(=C/c4ccccc4)CCC[C@H]3[C@H]2c2ccccc2)s1. The zero-order valence-electron chi connectivity index (χ0n) is 22.8. The highest BCUT2D eigenvalue weighted by Gasteiger charge is 2.42. The lowest BCUT2D eigenvalue weighted by Gasteiger charge is -2.29. The minimum atomic E-state index is -0.359. The van der Waals surface area contributed by atoms with Gasteiger partial charge in [0.1, 0.15) is 5.58 Å². The maximum atomic E-state index is 13.2. The van der Waals surface area contributed by atoms with E-state index in [2.05, 4.69) is 77.8 Å². The molecule has 4 aromatic carbocycles.